The third kappa shape index (κ3) is 5.03. The summed E-state index contributed by atoms with van der Waals surface area (Å²) in [4.78, 5) is 13.5. The Morgan fingerprint density at radius 1 is 1.35 bits per heavy atom. The number of hydrogen-bond acceptors (Lipinski definition) is 8. The number of thioether (sulfide) groups is 1. The Bertz CT molecular complexity index is 868. The van der Waals surface area contributed by atoms with E-state index in [0.29, 0.717) is 9.90 Å². The second-order valence-corrected chi connectivity index (χ2v) is 8.42. The lowest BCUT2D eigenvalue weighted by Gasteiger charge is -2.04. The maximum atomic E-state index is 13.7. The summed E-state index contributed by atoms with van der Waals surface area (Å²) < 4.78 is 19.2. The van der Waals surface area contributed by atoms with E-state index in [4.69, 9.17) is 4.74 Å². The number of benzene rings is 1. The molecule has 2 heterocycles. The van der Waals surface area contributed by atoms with Crippen molar-refractivity contribution in [2.75, 3.05) is 24.7 Å². The van der Waals surface area contributed by atoms with Crippen molar-refractivity contribution in [2.45, 2.75) is 10.8 Å². The van der Waals surface area contributed by atoms with Crippen LogP contribution in [0.2, 0.25) is 0 Å². The Balaban J connectivity index is 1.48. The number of ether oxygens (including phenoxy) is 1. The minimum absolute atomic E-state index is 0.122. The van der Waals surface area contributed by atoms with Crippen molar-refractivity contribution in [3.63, 3.8) is 0 Å². The van der Waals surface area contributed by atoms with Crippen LogP contribution < -0.4 is 10.1 Å². The van der Waals surface area contributed by atoms with E-state index in [-0.39, 0.29) is 17.3 Å². The molecule has 0 aliphatic rings. The first-order chi connectivity index (χ1) is 12.7. The molecule has 0 bridgehead atoms. The predicted octanol–water partition coefficient (Wildman–Crippen LogP) is 4.38. The first-order valence-electron chi connectivity index (χ1n) is 7.75. The normalized spacial score (nSPS) is 10.7. The molecule has 3 rings (SSSR count). The summed E-state index contributed by atoms with van der Waals surface area (Å²) in [5, 5.41) is 14.2. The summed E-state index contributed by atoms with van der Waals surface area (Å²) in [5.41, 5.74) is 0.314. The highest BCUT2D eigenvalue weighted by atomic mass is 32.2. The summed E-state index contributed by atoms with van der Waals surface area (Å²) >= 11 is 4.43. The fourth-order valence-electron chi connectivity index (χ4n) is 2.14. The molecule has 0 saturated heterocycles. The van der Waals surface area contributed by atoms with Crippen LogP contribution in [-0.2, 0) is 6.42 Å². The minimum Gasteiger partial charge on any atom is -0.494 e. The Kier molecular flexibility index (Phi) is 6.59. The molecule has 0 fully saturated rings. The van der Waals surface area contributed by atoms with Gasteiger partial charge in [-0.25, -0.2) is 4.39 Å². The number of nitrogens with one attached hydrogen (secondary N) is 1. The van der Waals surface area contributed by atoms with Crippen LogP contribution in [0.1, 0.15) is 15.2 Å². The highest BCUT2D eigenvalue weighted by molar-refractivity contribution is 8.01. The molecule has 0 aliphatic heterocycles. The number of halogens is 1. The zero-order valence-electron chi connectivity index (χ0n) is 13.9. The third-order valence-corrected chi connectivity index (χ3v) is 6.39. The second-order valence-electron chi connectivity index (χ2n) is 5.19. The molecule has 3 aromatic rings. The van der Waals surface area contributed by atoms with E-state index in [1.54, 1.807) is 17.4 Å². The number of anilines is 1. The fraction of sp³-hybridized carbons (Fsp3) is 0.235. The molecule has 0 aliphatic carbocycles. The van der Waals surface area contributed by atoms with Crippen LogP contribution in [0.15, 0.2) is 40.1 Å². The lowest BCUT2D eigenvalue weighted by molar-refractivity contribution is 0.102. The van der Waals surface area contributed by atoms with Crippen molar-refractivity contribution in [1.82, 2.24) is 10.2 Å². The SMILES string of the molecule is COc1ccc(C(=O)CSc2nnc(NCCc3cccs3)s2)cc1F. The van der Waals surface area contributed by atoms with Crippen molar-refractivity contribution >= 4 is 45.4 Å². The van der Waals surface area contributed by atoms with E-state index in [1.807, 2.05) is 6.07 Å². The minimum atomic E-state index is -0.545. The number of carbonyl (C=O) groups is 1. The van der Waals surface area contributed by atoms with Gasteiger partial charge in [0.2, 0.25) is 5.13 Å². The van der Waals surface area contributed by atoms with Crippen LogP contribution in [0.5, 0.6) is 5.75 Å². The van der Waals surface area contributed by atoms with Crippen molar-refractivity contribution in [2.24, 2.45) is 0 Å². The number of ketones is 1. The summed E-state index contributed by atoms with van der Waals surface area (Å²) in [7, 11) is 1.39. The molecule has 136 valence electrons. The highest BCUT2D eigenvalue weighted by Gasteiger charge is 2.12. The molecule has 0 radical (unpaired) electrons. The molecule has 0 saturated carbocycles. The van der Waals surface area contributed by atoms with E-state index in [2.05, 4.69) is 27.0 Å². The molecule has 9 heteroatoms. The molecule has 0 amide bonds. The standard InChI is InChI=1S/C17H16FN3O2S3/c1-23-15-5-4-11(9-13(15)18)14(22)10-25-17-21-20-16(26-17)19-7-6-12-3-2-8-24-12/h2-5,8-9H,6-7,10H2,1H3,(H,19,20). The molecular formula is C17H16FN3O2S3. The number of nitrogens with zero attached hydrogens (tertiary/aromatic N) is 2. The Morgan fingerprint density at radius 2 is 2.23 bits per heavy atom. The van der Waals surface area contributed by atoms with Crippen LogP contribution in [0, 0.1) is 5.82 Å². The van der Waals surface area contributed by atoms with Crippen molar-refractivity contribution in [1.29, 1.82) is 0 Å². The van der Waals surface area contributed by atoms with Crippen LogP contribution in [0.25, 0.3) is 0 Å². The fourth-order valence-corrected chi connectivity index (χ4v) is 4.52. The Morgan fingerprint density at radius 3 is 2.96 bits per heavy atom. The lowest BCUT2D eigenvalue weighted by Crippen LogP contribution is -2.03. The van der Waals surface area contributed by atoms with Gasteiger partial charge < -0.3 is 10.1 Å². The second kappa shape index (κ2) is 9.11. The molecule has 0 unspecified atom stereocenters. The summed E-state index contributed by atoms with van der Waals surface area (Å²) in [6, 6.07) is 8.34. The zero-order valence-corrected chi connectivity index (χ0v) is 16.3. The van der Waals surface area contributed by atoms with Crippen LogP contribution in [0.3, 0.4) is 0 Å². The predicted molar refractivity (Wildman–Crippen MR) is 104 cm³/mol. The average molecular weight is 410 g/mol. The first kappa shape index (κ1) is 18.8. The van der Waals surface area contributed by atoms with Gasteiger partial charge in [-0.2, -0.15) is 0 Å². The number of hydrogen-bond donors (Lipinski definition) is 1. The Hall–Kier alpha value is -1.97. The monoisotopic (exact) mass is 409 g/mol. The molecule has 1 N–H and O–H groups in total. The lowest BCUT2D eigenvalue weighted by atomic mass is 10.1. The van der Waals surface area contributed by atoms with Crippen LogP contribution in [-0.4, -0.2) is 35.4 Å². The van der Waals surface area contributed by atoms with Gasteiger partial charge in [-0.15, -0.1) is 21.5 Å². The van der Waals surface area contributed by atoms with Gasteiger partial charge in [-0.05, 0) is 36.1 Å². The highest BCUT2D eigenvalue weighted by Crippen LogP contribution is 2.27. The molecule has 5 nitrogen and oxygen atoms in total. The maximum absolute atomic E-state index is 13.7. The van der Waals surface area contributed by atoms with E-state index < -0.39 is 5.82 Å². The average Bonchev–Trinajstić information content (AvgIpc) is 3.31. The quantitative estimate of drug-likeness (QED) is 0.418. The van der Waals surface area contributed by atoms with Gasteiger partial charge >= 0.3 is 0 Å². The molecule has 0 spiro atoms. The van der Waals surface area contributed by atoms with Gasteiger partial charge in [-0.1, -0.05) is 29.2 Å². The first-order valence-corrected chi connectivity index (χ1v) is 10.4. The van der Waals surface area contributed by atoms with Gasteiger partial charge in [0.15, 0.2) is 21.7 Å². The van der Waals surface area contributed by atoms with E-state index in [9.17, 15) is 9.18 Å². The number of Topliss-reactive ketones (excluding diaryl/α,β-unsaturated/α-hetero) is 1. The van der Waals surface area contributed by atoms with Crippen molar-refractivity contribution in [3.05, 3.63) is 52.0 Å². The number of aromatic nitrogens is 2. The van der Waals surface area contributed by atoms with E-state index in [0.717, 1.165) is 18.1 Å². The van der Waals surface area contributed by atoms with Gasteiger partial charge in [0, 0.05) is 17.0 Å². The van der Waals surface area contributed by atoms with Crippen molar-refractivity contribution < 1.29 is 13.9 Å². The summed E-state index contributed by atoms with van der Waals surface area (Å²) in [6.07, 6.45) is 0.932. The van der Waals surface area contributed by atoms with E-state index >= 15 is 0 Å². The zero-order chi connectivity index (χ0) is 18.4. The largest absolute Gasteiger partial charge is 0.494 e. The van der Waals surface area contributed by atoms with Gasteiger partial charge in [0.25, 0.3) is 0 Å². The van der Waals surface area contributed by atoms with Crippen molar-refractivity contribution in [3.8, 4) is 5.75 Å². The maximum Gasteiger partial charge on any atom is 0.206 e. The molecule has 1 aromatic carbocycles. The van der Waals surface area contributed by atoms with E-state index in [1.165, 1.54) is 47.2 Å². The van der Waals surface area contributed by atoms with Gasteiger partial charge in [-0.3, -0.25) is 4.79 Å². The van der Waals surface area contributed by atoms with Crippen LogP contribution >= 0.6 is 34.4 Å². The molecular weight excluding hydrogens is 393 g/mol. The summed E-state index contributed by atoms with van der Waals surface area (Å²) in [6.45, 7) is 0.782. The number of rotatable bonds is 9. The topological polar surface area (TPSA) is 64.1 Å². The molecule has 0 atom stereocenters. The smallest absolute Gasteiger partial charge is 0.206 e. The number of thiophene rings is 1. The summed E-state index contributed by atoms with van der Waals surface area (Å²) in [5.74, 6) is -0.415. The third-order valence-electron chi connectivity index (χ3n) is 3.43. The van der Waals surface area contributed by atoms with Crippen LogP contribution in [0.4, 0.5) is 9.52 Å². The Labute approximate surface area is 162 Å². The molecule has 26 heavy (non-hydrogen) atoms. The van der Waals surface area contributed by atoms with Gasteiger partial charge in [0.05, 0.1) is 12.9 Å². The number of carbonyl (C=O) groups excluding carboxylic acids is 1. The van der Waals surface area contributed by atoms with Gasteiger partial charge in [0.1, 0.15) is 0 Å². The molecule has 2 aromatic heterocycles. The number of methoxy groups -OCH3 is 1.